The average molecular weight is 404 g/mol. The summed E-state index contributed by atoms with van der Waals surface area (Å²) in [6.45, 7) is 0.138. The highest BCUT2D eigenvalue weighted by atomic mass is 32.2. The van der Waals surface area contributed by atoms with Crippen molar-refractivity contribution < 1.29 is 18.3 Å². The van der Waals surface area contributed by atoms with Crippen LogP contribution in [0, 0.1) is 0 Å². The molecule has 150 valence electrons. The van der Waals surface area contributed by atoms with Crippen molar-refractivity contribution in [1.82, 2.24) is 4.31 Å². The summed E-state index contributed by atoms with van der Waals surface area (Å²) in [6, 6.07) is 13.7. The summed E-state index contributed by atoms with van der Waals surface area (Å²) in [5.74, 6) is -0.947. The summed E-state index contributed by atoms with van der Waals surface area (Å²) in [5, 5.41) is 16.9. The Morgan fingerprint density at radius 1 is 0.929 bits per heavy atom. The van der Waals surface area contributed by atoms with Crippen LogP contribution in [0.5, 0.6) is 0 Å². The lowest BCUT2D eigenvalue weighted by atomic mass is 10.3. The Hall–Kier alpha value is -2.78. The number of nitrogens with zero attached hydrogens (tertiary/aromatic N) is 4. The molecule has 0 amide bonds. The number of carboxylic acid groups (broad SMARTS) is 1. The van der Waals surface area contributed by atoms with Gasteiger partial charge in [0.1, 0.15) is 0 Å². The fraction of sp³-hybridized carbons (Fsp3) is 0.316. The Balaban J connectivity index is 2.04. The van der Waals surface area contributed by atoms with E-state index >= 15 is 0 Å². The van der Waals surface area contributed by atoms with Crippen molar-refractivity contribution in [3.05, 3.63) is 48.5 Å². The van der Waals surface area contributed by atoms with Gasteiger partial charge in [-0.25, -0.2) is 12.7 Å². The van der Waals surface area contributed by atoms with Gasteiger partial charge in [0.15, 0.2) is 0 Å². The predicted octanol–water partition coefficient (Wildman–Crippen LogP) is 3.65. The molecule has 0 aliphatic rings. The second kappa shape index (κ2) is 9.43. The van der Waals surface area contributed by atoms with Crippen molar-refractivity contribution in [2.75, 3.05) is 32.6 Å². The van der Waals surface area contributed by atoms with E-state index in [1.165, 1.54) is 19.2 Å². The molecule has 0 radical (unpaired) electrons. The fourth-order valence-corrected chi connectivity index (χ4v) is 3.58. The Bertz CT molecular complexity index is 923. The first kappa shape index (κ1) is 21.5. The maximum Gasteiger partial charge on any atom is 0.303 e. The van der Waals surface area contributed by atoms with Crippen LogP contribution in [0.25, 0.3) is 0 Å². The fourth-order valence-electron chi connectivity index (χ4n) is 2.37. The van der Waals surface area contributed by atoms with Crippen LogP contribution in [0.3, 0.4) is 0 Å². The zero-order valence-electron chi connectivity index (χ0n) is 16.1. The van der Waals surface area contributed by atoms with E-state index in [-0.39, 0.29) is 24.3 Å². The van der Waals surface area contributed by atoms with E-state index in [9.17, 15) is 13.2 Å². The second-order valence-electron chi connectivity index (χ2n) is 6.43. The van der Waals surface area contributed by atoms with Crippen LogP contribution in [0.1, 0.15) is 12.8 Å². The van der Waals surface area contributed by atoms with Crippen molar-refractivity contribution in [2.45, 2.75) is 17.7 Å². The third-order valence-electron chi connectivity index (χ3n) is 4.06. The molecule has 0 atom stereocenters. The molecule has 0 aromatic heterocycles. The number of benzene rings is 2. The van der Waals surface area contributed by atoms with Gasteiger partial charge in [0.2, 0.25) is 10.0 Å². The molecular weight excluding hydrogens is 380 g/mol. The van der Waals surface area contributed by atoms with Gasteiger partial charge in [-0.2, -0.15) is 10.2 Å². The Morgan fingerprint density at radius 2 is 1.43 bits per heavy atom. The van der Waals surface area contributed by atoms with E-state index in [1.54, 1.807) is 12.1 Å². The molecule has 0 heterocycles. The van der Waals surface area contributed by atoms with Gasteiger partial charge in [-0.05, 0) is 55.0 Å². The highest BCUT2D eigenvalue weighted by molar-refractivity contribution is 7.89. The molecular formula is C19H24N4O4S. The molecule has 0 fully saturated rings. The number of hydrogen-bond donors (Lipinski definition) is 1. The van der Waals surface area contributed by atoms with Crippen molar-refractivity contribution in [2.24, 2.45) is 10.2 Å². The SMILES string of the molecule is CN(C)c1ccc(N=Nc2ccc(S(=O)(=O)N(C)CCCC(=O)O)cc2)cc1. The summed E-state index contributed by atoms with van der Waals surface area (Å²) in [6.07, 6.45) is 0.179. The average Bonchev–Trinajstić information content (AvgIpc) is 2.66. The lowest BCUT2D eigenvalue weighted by molar-refractivity contribution is -0.137. The van der Waals surface area contributed by atoms with Crippen LogP contribution in [0.15, 0.2) is 63.7 Å². The molecule has 28 heavy (non-hydrogen) atoms. The molecule has 0 aliphatic heterocycles. The van der Waals surface area contributed by atoms with Crippen molar-refractivity contribution >= 4 is 33.1 Å². The zero-order chi connectivity index (χ0) is 20.7. The van der Waals surface area contributed by atoms with E-state index in [2.05, 4.69) is 10.2 Å². The minimum atomic E-state index is -3.67. The minimum Gasteiger partial charge on any atom is -0.481 e. The topological polar surface area (TPSA) is 103 Å². The third-order valence-corrected chi connectivity index (χ3v) is 5.93. The largest absolute Gasteiger partial charge is 0.481 e. The molecule has 2 aromatic rings. The van der Waals surface area contributed by atoms with Gasteiger partial charge in [0, 0.05) is 39.8 Å². The predicted molar refractivity (Wildman–Crippen MR) is 108 cm³/mol. The van der Waals surface area contributed by atoms with E-state index in [0.29, 0.717) is 11.4 Å². The minimum absolute atomic E-state index is 0.0747. The lowest BCUT2D eigenvalue weighted by Crippen LogP contribution is -2.28. The molecule has 9 heteroatoms. The number of azo groups is 1. The molecule has 2 aromatic carbocycles. The van der Waals surface area contributed by atoms with Crippen LogP contribution in [0.2, 0.25) is 0 Å². The first-order valence-corrected chi connectivity index (χ1v) is 10.1. The molecule has 1 N–H and O–H groups in total. The van der Waals surface area contributed by atoms with Crippen molar-refractivity contribution in [1.29, 1.82) is 0 Å². The Kier molecular flexibility index (Phi) is 7.24. The van der Waals surface area contributed by atoms with Crippen LogP contribution in [0.4, 0.5) is 17.1 Å². The number of carboxylic acids is 1. The molecule has 0 unspecified atom stereocenters. The highest BCUT2D eigenvalue weighted by Crippen LogP contribution is 2.23. The quantitative estimate of drug-likeness (QED) is 0.643. The number of sulfonamides is 1. The van der Waals surface area contributed by atoms with Gasteiger partial charge in [-0.15, -0.1) is 0 Å². The molecule has 0 saturated heterocycles. The summed E-state index contributed by atoms with van der Waals surface area (Å²) in [5.41, 5.74) is 2.28. The van der Waals surface area contributed by atoms with Crippen molar-refractivity contribution in [3.63, 3.8) is 0 Å². The van der Waals surface area contributed by atoms with Crippen LogP contribution in [-0.4, -0.2) is 51.5 Å². The smallest absolute Gasteiger partial charge is 0.303 e. The highest BCUT2D eigenvalue weighted by Gasteiger charge is 2.20. The zero-order valence-corrected chi connectivity index (χ0v) is 16.9. The monoisotopic (exact) mass is 404 g/mol. The summed E-state index contributed by atoms with van der Waals surface area (Å²) in [4.78, 5) is 12.7. The molecule has 2 rings (SSSR count). The normalized spacial score (nSPS) is 11.9. The van der Waals surface area contributed by atoms with Crippen molar-refractivity contribution in [3.8, 4) is 0 Å². The third kappa shape index (κ3) is 5.86. The first-order chi connectivity index (χ1) is 13.2. The lowest BCUT2D eigenvalue weighted by Gasteiger charge is -2.16. The number of aliphatic carboxylic acids is 1. The van der Waals surface area contributed by atoms with E-state index < -0.39 is 16.0 Å². The molecule has 0 spiro atoms. The molecule has 8 nitrogen and oxygen atoms in total. The summed E-state index contributed by atoms with van der Waals surface area (Å²) in [7, 11) is 1.67. The first-order valence-electron chi connectivity index (χ1n) is 8.67. The number of carbonyl (C=O) groups is 1. The van der Waals surface area contributed by atoms with Gasteiger partial charge in [0.25, 0.3) is 0 Å². The maximum atomic E-state index is 12.5. The number of anilines is 1. The van der Waals surface area contributed by atoms with E-state index in [0.717, 1.165) is 9.99 Å². The van der Waals surface area contributed by atoms with Gasteiger partial charge in [0.05, 0.1) is 16.3 Å². The number of hydrogen-bond acceptors (Lipinski definition) is 6. The Labute approximate surface area is 165 Å². The standard InChI is InChI=1S/C19H24N4O4S/c1-22(2)17-10-6-15(7-11-17)20-21-16-8-12-18(13-9-16)28(26,27)23(3)14-4-5-19(24)25/h6-13H,4-5,14H2,1-3H3,(H,24,25). The summed E-state index contributed by atoms with van der Waals surface area (Å²) >= 11 is 0. The van der Waals surface area contributed by atoms with Gasteiger partial charge >= 0.3 is 5.97 Å². The van der Waals surface area contributed by atoms with Crippen LogP contribution in [-0.2, 0) is 14.8 Å². The summed E-state index contributed by atoms with van der Waals surface area (Å²) < 4.78 is 26.2. The van der Waals surface area contributed by atoms with Gasteiger partial charge < -0.3 is 10.0 Å². The van der Waals surface area contributed by atoms with Gasteiger partial charge in [-0.3, -0.25) is 4.79 Å². The maximum absolute atomic E-state index is 12.5. The van der Waals surface area contributed by atoms with Crippen LogP contribution < -0.4 is 4.90 Å². The molecule has 0 bridgehead atoms. The molecule has 0 saturated carbocycles. The van der Waals surface area contributed by atoms with E-state index in [4.69, 9.17) is 5.11 Å². The van der Waals surface area contributed by atoms with E-state index in [1.807, 2.05) is 43.3 Å². The Morgan fingerprint density at radius 3 is 1.89 bits per heavy atom. The second-order valence-corrected chi connectivity index (χ2v) is 8.47. The number of rotatable bonds is 9. The van der Waals surface area contributed by atoms with Crippen LogP contribution >= 0.6 is 0 Å². The van der Waals surface area contributed by atoms with Gasteiger partial charge in [-0.1, -0.05) is 0 Å². The molecule has 0 aliphatic carbocycles.